The molecule has 1 atom stereocenters. The van der Waals surface area contributed by atoms with Gasteiger partial charge in [0.2, 0.25) is 0 Å². The van der Waals surface area contributed by atoms with Gasteiger partial charge in [0.1, 0.15) is 0 Å². The number of carbonyl (C=O) groups is 1. The Bertz CT molecular complexity index is 954. The van der Waals surface area contributed by atoms with Crippen LogP contribution >= 0.6 is 0 Å². The van der Waals surface area contributed by atoms with Gasteiger partial charge in [-0.15, -0.1) is 0 Å². The highest BCUT2D eigenvalue weighted by molar-refractivity contribution is 6.09. The topological polar surface area (TPSA) is 46.4 Å². The summed E-state index contributed by atoms with van der Waals surface area (Å²) in [5.74, 6) is 0.158. The predicted molar refractivity (Wildman–Crippen MR) is 95.6 cm³/mol. The number of imidazole rings is 1. The summed E-state index contributed by atoms with van der Waals surface area (Å²) in [6.07, 6.45) is 1.95. The van der Waals surface area contributed by atoms with Crippen LogP contribution in [0.1, 0.15) is 47.2 Å². The Balaban J connectivity index is 1.96. The van der Waals surface area contributed by atoms with Gasteiger partial charge in [0.15, 0.2) is 11.4 Å². The van der Waals surface area contributed by atoms with Crippen molar-refractivity contribution in [2.24, 2.45) is 5.41 Å². The molecule has 0 spiro atoms. The van der Waals surface area contributed by atoms with Crippen molar-refractivity contribution < 1.29 is 4.79 Å². The normalized spacial score (nSPS) is 19.2. The fraction of sp³-hybridized carbons (Fsp3) is 0.300. The van der Waals surface area contributed by atoms with E-state index in [9.17, 15) is 4.79 Å². The van der Waals surface area contributed by atoms with Gasteiger partial charge in [0.25, 0.3) is 0 Å². The van der Waals surface area contributed by atoms with E-state index in [1.54, 1.807) is 0 Å². The Kier molecular flexibility index (Phi) is 3.07. The number of nitrogens with one attached hydrogen (secondary N) is 1. The van der Waals surface area contributed by atoms with Crippen molar-refractivity contribution in [3.8, 4) is 0 Å². The second kappa shape index (κ2) is 4.94. The van der Waals surface area contributed by atoms with Gasteiger partial charge < -0.3 is 9.72 Å². The third-order valence-electron chi connectivity index (χ3n) is 5.24. The molecular weight excluding hydrogens is 298 g/mol. The molecule has 0 radical (unpaired) electrons. The fourth-order valence-electron chi connectivity index (χ4n) is 3.62. The van der Waals surface area contributed by atoms with Gasteiger partial charge in [-0.3, -0.25) is 4.79 Å². The number of ketones is 1. The zero-order valence-corrected chi connectivity index (χ0v) is 14.4. The van der Waals surface area contributed by atoms with Crippen LogP contribution in [-0.4, -0.2) is 15.2 Å². The van der Waals surface area contributed by atoms with Crippen LogP contribution in [0.2, 0.25) is 0 Å². The van der Waals surface area contributed by atoms with Gasteiger partial charge >= 0.3 is 0 Å². The Hall–Kier alpha value is -2.62. The Morgan fingerprint density at radius 3 is 2.54 bits per heavy atom. The molecule has 0 fully saturated rings. The maximum absolute atomic E-state index is 13.2. The number of aromatic nitrogens is 2. The Morgan fingerprint density at radius 2 is 1.83 bits per heavy atom. The molecule has 3 aromatic rings. The van der Waals surface area contributed by atoms with E-state index in [4.69, 9.17) is 0 Å². The van der Waals surface area contributed by atoms with Crippen LogP contribution in [0.5, 0.6) is 0 Å². The summed E-state index contributed by atoms with van der Waals surface area (Å²) in [7, 11) is 0. The molecule has 24 heavy (non-hydrogen) atoms. The molecule has 1 aromatic carbocycles. The summed E-state index contributed by atoms with van der Waals surface area (Å²) < 4.78 is 2.05. The summed E-state index contributed by atoms with van der Waals surface area (Å²) in [6, 6.07) is 12.0. The molecule has 1 aliphatic rings. The number of benzene rings is 1. The molecule has 1 N–H and O–H groups in total. The van der Waals surface area contributed by atoms with Crippen molar-refractivity contribution in [1.29, 1.82) is 0 Å². The number of aryl methyl sites for hydroxylation is 2. The minimum atomic E-state index is -0.524. The first kappa shape index (κ1) is 14.9. The van der Waals surface area contributed by atoms with E-state index in [-0.39, 0.29) is 11.8 Å². The molecule has 0 saturated heterocycles. The lowest BCUT2D eigenvalue weighted by atomic mass is 9.72. The summed E-state index contributed by atoms with van der Waals surface area (Å²) in [5, 5.41) is 3.61. The van der Waals surface area contributed by atoms with Gasteiger partial charge in [0, 0.05) is 17.5 Å². The van der Waals surface area contributed by atoms with Gasteiger partial charge in [-0.1, -0.05) is 44.2 Å². The van der Waals surface area contributed by atoms with Crippen molar-refractivity contribution in [1.82, 2.24) is 9.38 Å². The van der Waals surface area contributed by atoms with Crippen molar-refractivity contribution in [2.75, 3.05) is 5.32 Å². The lowest BCUT2D eigenvalue weighted by molar-refractivity contribution is 0.0801. The van der Waals surface area contributed by atoms with Crippen LogP contribution < -0.4 is 5.32 Å². The van der Waals surface area contributed by atoms with E-state index >= 15 is 0 Å². The highest BCUT2D eigenvalue weighted by Crippen LogP contribution is 2.45. The summed E-state index contributed by atoms with van der Waals surface area (Å²) in [4.78, 5) is 17.9. The van der Waals surface area contributed by atoms with Crippen molar-refractivity contribution in [2.45, 2.75) is 33.7 Å². The number of anilines is 1. The van der Waals surface area contributed by atoms with E-state index in [1.807, 2.05) is 58.2 Å². The predicted octanol–water partition coefficient (Wildman–Crippen LogP) is 4.33. The van der Waals surface area contributed by atoms with Crippen molar-refractivity contribution in [3.05, 3.63) is 65.1 Å². The largest absolute Gasteiger partial charge is 0.374 e. The standard InChI is InChI=1S/C20H21N3O/c1-12-13(2)23-11-10-15-16(19(23)21-12)22-17(20(3,4)18(15)24)14-8-6-5-7-9-14/h5-11,17,22H,1-4H3. The maximum Gasteiger partial charge on any atom is 0.173 e. The molecule has 1 unspecified atom stereocenters. The van der Waals surface area contributed by atoms with Gasteiger partial charge in [-0.25, -0.2) is 4.98 Å². The second-order valence-corrected chi connectivity index (χ2v) is 7.12. The molecule has 0 saturated carbocycles. The average molecular weight is 319 g/mol. The lowest BCUT2D eigenvalue weighted by Crippen LogP contribution is -2.40. The minimum absolute atomic E-state index is 0.0813. The summed E-state index contributed by atoms with van der Waals surface area (Å²) in [6.45, 7) is 8.06. The molecule has 0 bridgehead atoms. The van der Waals surface area contributed by atoms with E-state index in [2.05, 4.69) is 26.8 Å². The monoisotopic (exact) mass is 319 g/mol. The number of nitrogens with zero attached hydrogens (tertiary/aromatic N) is 2. The number of fused-ring (bicyclic) bond motifs is 3. The van der Waals surface area contributed by atoms with E-state index in [1.165, 1.54) is 0 Å². The van der Waals surface area contributed by atoms with E-state index in [0.717, 1.165) is 33.8 Å². The van der Waals surface area contributed by atoms with Gasteiger partial charge in [0.05, 0.1) is 22.8 Å². The maximum atomic E-state index is 13.2. The van der Waals surface area contributed by atoms with Crippen LogP contribution in [0, 0.1) is 19.3 Å². The van der Waals surface area contributed by atoms with Crippen molar-refractivity contribution >= 4 is 17.1 Å². The van der Waals surface area contributed by atoms with Crippen LogP contribution in [0.25, 0.3) is 5.65 Å². The summed E-state index contributed by atoms with van der Waals surface area (Å²) in [5.41, 5.74) is 5.07. The third-order valence-corrected chi connectivity index (χ3v) is 5.24. The Labute approximate surface area is 141 Å². The van der Waals surface area contributed by atoms with E-state index in [0.29, 0.717) is 0 Å². The number of hydrogen-bond donors (Lipinski definition) is 1. The number of Topliss-reactive ketones (excluding diaryl/α,β-unsaturated/α-hetero) is 1. The SMILES string of the molecule is Cc1nc2c3c(ccn2c1C)C(=O)C(C)(C)C(c1ccccc1)N3. The van der Waals surface area contributed by atoms with E-state index < -0.39 is 5.41 Å². The highest BCUT2D eigenvalue weighted by Gasteiger charge is 2.44. The average Bonchev–Trinajstić information content (AvgIpc) is 2.86. The van der Waals surface area contributed by atoms with Gasteiger partial charge in [-0.05, 0) is 25.5 Å². The number of rotatable bonds is 1. The zero-order chi connectivity index (χ0) is 17.1. The van der Waals surface area contributed by atoms with Crippen LogP contribution in [0.4, 0.5) is 5.69 Å². The number of hydrogen-bond acceptors (Lipinski definition) is 3. The molecule has 0 aliphatic carbocycles. The highest BCUT2D eigenvalue weighted by atomic mass is 16.1. The minimum Gasteiger partial charge on any atom is -0.374 e. The first-order valence-electron chi connectivity index (χ1n) is 8.26. The van der Waals surface area contributed by atoms with Crippen LogP contribution in [0.3, 0.4) is 0 Å². The quantitative estimate of drug-likeness (QED) is 0.726. The summed E-state index contributed by atoms with van der Waals surface area (Å²) >= 11 is 0. The smallest absolute Gasteiger partial charge is 0.173 e. The number of pyridine rings is 1. The van der Waals surface area contributed by atoms with Crippen LogP contribution in [0.15, 0.2) is 42.6 Å². The molecular formula is C20H21N3O. The lowest BCUT2D eigenvalue weighted by Gasteiger charge is -2.39. The molecule has 4 nitrogen and oxygen atoms in total. The molecule has 2 aromatic heterocycles. The molecule has 122 valence electrons. The molecule has 1 aliphatic heterocycles. The zero-order valence-electron chi connectivity index (χ0n) is 14.4. The third kappa shape index (κ3) is 1.92. The molecule has 4 heteroatoms. The first-order valence-corrected chi connectivity index (χ1v) is 8.26. The van der Waals surface area contributed by atoms with Crippen molar-refractivity contribution in [3.63, 3.8) is 0 Å². The molecule has 0 amide bonds. The van der Waals surface area contributed by atoms with Crippen LogP contribution in [-0.2, 0) is 0 Å². The molecule has 3 heterocycles. The van der Waals surface area contributed by atoms with Gasteiger partial charge in [-0.2, -0.15) is 0 Å². The molecule has 4 rings (SSSR count). The second-order valence-electron chi connectivity index (χ2n) is 7.12. The number of carbonyl (C=O) groups excluding carboxylic acids is 1. The first-order chi connectivity index (χ1) is 11.4. The Morgan fingerprint density at radius 1 is 1.12 bits per heavy atom. The fourth-order valence-corrected chi connectivity index (χ4v) is 3.62.